The van der Waals surface area contributed by atoms with Crippen molar-refractivity contribution in [3.05, 3.63) is 59.3 Å². The summed E-state index contributed by atoms with van der Waals surface area (Å²) in [6.45, 7) is 4.06. The van der Waals surface area contributed by atoms with Gasteiger partial charge in [-0.3, -0.25) is 9.89 Å². The van der Waals surface area contributed by atoms with Gasteiger partial charge in [0.2, 0.25) is 5.89 Å². The fourth-order valence-corrected chi connectivity index (χ4v) is 2.09. The van der Waals surface area contributed by atoms with Crippen molar-refractivity contribution in [3.8, 4) is 5.75 Å². The number of H-pyrrole nitrogens is 1. The summed E-state index contributed by atoms with van der Waals surface area (Å²) in [7, 11) is 0. The minimum absolute atomic E-state index is 0.0593. The molecule has 1 aromatic carbocycles. The quantitative estimate of drug-likeness (QED) is 0.671. The number of ether oxygens (including phenoxy) is 1. The molecular weight excluding hydrogens is 341 g/mol. The van der Waals surface area contributed by atoms with Crippen LogP contribution >= 0.6 is 0 Å². The van der Waals surface area contributed by atoms with E-state index in [0.717, 1.165) is 0 Å². The molecular formula is C17H18FN5O3. The van der Waals surface area contributed by atoms with Gasteiger partial charge in [-0.2, -0.15) is 10.1 Å². The van der Waals surface area contributed by atoms with Crippen molar-refractivity contribution in [1.82, 2.24) is 25.7 Å². The van der Waals surface area contributed by atoms with Crippen LogP contribution in [0.1, 0.15) is 47.7 Å². The summed E-state index contributed by atoms with van der Waals surface area (Å²) in [4.78, 5) is 16.3. The predicted molar refractivity (Wildman–Crippen MR) is 88.9 cm³/mol. The van der Waals surface area contributed by atoms with Crippen molar-refractivity contribution in [2.75, 3.05) is 0 Å². The van der Waals surface area contributed by atoms with Crippen molar-refractivity contribution in [3.63, 3.8) is 0 Å². The first-order valence-electron chi connectivity index (χ1n) is 8.05. The van der Waals surface area contributed by atoms with Gasteiger partial charge >= 0.3 is 0 Å². The van der Waals surface area contributed by atoms with Crippen molar-refractivity contribution in [2.45, 2.75) is 32.9 Å². The molecule has 0 radical (unpaired) electrons. The van der Waals surface area contributed by atoms with Crippen LogP contribution in [0, 0.1) is 5.82 Å². The molecule has 136 valence electrons. The molecule has 0 saturated carbocycles. The number of halogens is 1. The van der Waals surface area contributed by atoms with Gasteiger partial charge in [-0.25, -0.2) is 4.39 Å². The van der Waals surface area contributed by atoms with E-state index in [0.29, 0.717) is 17.4 Å². The van der Waals surface area contributed by atoms with Gasteiger partial charge in [0.1, 0.15) is 12.3 Å². The summed E-state index contributed by atoms with van der Waals surface area (Å²) in [5.41, 5.74) is 0.727. The smallest absolute Gasteiger partial charge is 0.272 e. The maximum atomic E-state index is 13.5. The van der Waals surface area contributed by atoms with E-state index in [-0.39, 0.29) is 30.5 Å². The maximum absolute atomic E-state index is 13.5. The van der Waals surface area contributed by atoms with Gasteiger partial charge in [-0.05, 0) is 18.2 Å². The molecule has 0 aliphatic rings. The minimum atomic E-state index is -0.453. The summed E-state index contributed by atoms with van der Waals surface area (Å²) < 4.78 is 23.9. The molecule has 0 spiro atoms. The van der Waals surface area contributed by atoms with E-state index in [1.165, 1.54) is 18.2 Å². The molecule has 2 N–H and O–H groups in total. The Labute approximate surface area is 148 Å². The molecule has 0 aliphatic carbocycles. The third-order valence-electron chi connectivity index (χ3n) is 3.47. The average Bonchev–Trinajstić information content (AvgIpc) is 3.28. The number of hydrogen-bond acceptors (Lipinski definition) is 6. The predicted octanol–water partition coefficient (Wildman–Crippen LogP) is 2.56. The highest BCUT2D eigenvalue weighted by Gasteiger charge is 2.14. The van der Waals surface area contributed by atoms with Gasteiger partial charge < -0.3 is 14.6 Å². The summed E-state index contributed by atoms with van der Waals surface area (Å²) in [5.74, 6) is 0.309. The monoisotopic (exact) mass is 359 g/mol. The first-order chi connectivity index (χ1) is 12.5. The molecule has 1 amide bonds. The fraction of sp³-hybridized carbons (Fsp3) is 0.294. The standard InChI is InChI=1S/C17H18FN5O3/c1-10(2)17-20-15(23-26-17)8-19-16(24)13-7-11(21-22-13)9-25-14-6-4-3-5-12(14)18/h3-7,10H,8-9H2,1-2H3,(H,19,24)(H,21,22). The third-order valence-corrected chi connectivity index (χ3v) is 3.47. The lowest BCUT2D eigenvalue weighted by Gasteiger charge is -2.04. The molecule has 9 heteroatoms. The van der Waals surface area contributed by atoms with Crippen LogP contribution in [0.2, 0.25) is 0 Å². The van der Waals surface area contributed by atoms with Crippen molar-refractivity contribution in [2.24, 2.45) is 0 Å². The highest BCUT2D eigenvalue weighted by Crippen LogP contribution is 2.17. The summed E-state index contributed by atoms with van der Waals surface area (Å²) in [6, 6.07) is 7.62. The molecule has 2 heterocycles. The van der Waals surface area contributed by atoms with Gasteiger partial charge in [0, 0.05) is 5.92 Å². The molecule has 0 bridgehead atoms. The van der Waals surface area contributed by atoms with Crippen molar-refractivity contribution < 1.29 is 18.4 Å². The van der Waals surface area contributed by atoms with E-state index in [1.54, 1.807) is 12.1 Å². The first-order valence-corrected chi connectivity index (χ1v) is 8.05. The summed E-state index contributed by atoms with van der Waals surface area (Å²) in [6.07, 6.45) is 0. The number of hydrogen-bond donors (Lipinski definition) is 2. The van der Waals surface area contributed by atoms with Crippen molar-refractivity contribution in [1.29, 1.82) is 0 Å². The third kappa shape index (κ3) is 4.24. The zero-order chi connectivity index (χ0) is 18.5. The van der Waals surface area contributed by atoms with Gasteiger partial charge in [0.05, 0.1) is 12.2 Å². The molecule has 3 rings (SSSR count). The minimum Gasteiger partial charge on any atom is -0.484 e. The van der Waals surface area contributed by atoms with Gasteiger partial charge in [-0.1, -0.05) is 31.1 Å². The van der Waals surface area contributed by atoms with E-state index in [2.05, 4.69) is 25.7 Å². The number of carbonyl (C=O) groups excluding carboxylic acids is 1. The number of nitrogens with zero attached hydrogens (tertiary/aromatic N) is 3. The highest BCUT2D eigenvalue weighted by molar-refractivity contribution is 5.92. The van der Waals surface area contributed by atoms with Gasteiger partial charge in [0.25, 0.3) is 5.91 Å². The maximum Gasteiger partial charge on any atom is 0.272 e. The second-order valence-corrected chi connectivity index (χ2v) is 5.88. The van der Waals surface area contributed by atoms with E-state index in [9.17, 15) is 9.18 Å². The lowest BCUT2D eigenvalue weighted by molar-refractivity contribution is 0.0944. The lowest BCUT2D eigenvalue weighted by Crippen LogP contribution is -2.23. The van der Waals surface area contributed by atoms with Crippen molar-refractivity contribution >= 4 is 5.91 Å². The number of carbonyl (C=O) groups is 1. The number of aromatic amines is 1. The van der Waals surface area contributed by atoms with Crippen LogP contribution in [0.3, 0.4) is 0 Å². The fourth-order valence-electron chi connectivity index (χ4n) is 2.09. The lowest BCUT2D eigenvalue weighted by atomic mass is 10.2. The Morgan fingerprint density at radius 3 is 2.92 bits per heavy atom. The second kappa shape index (κ2) is 7.77. The number of aromatic nitrogens is 4. The second-order valence-electron chi connectivity index (χ2n) is 5.88. The SMILES string of the molecule is CC(C)c1nc(CNC(=O)c2cc(COc3ccccc3F)[nH]n2)no1. The topological polar surface area (TPSA) is 106 Å². The van der Waals surface area contributed by atoms with E-state index >= 15 is 0 Å². The number of para-hydroxylation sites is 1. The van der Waals surface area contributed by atoms with Crippen LogP contribution in [0.4, 0.5) is 4.39 Å². The number of benzene rings is 1. The molecule has 0 saturated heterocycles. The largest absolute Gasteiger partial charge is 0.484 e. The molecule has 26 heavy (non-hydrogen) atoms. The van der Waals surface area contributed by atoms with Crippen LogP contribution in [-0.2, 0) is 13.2 Å². The van der Waals surface area contributed by atoms with Crippen LogP contribution in [0.5, 0.6) is 5.75 Å². The zero-order valence-corrected chi connectivity index (χ0v) is 14.3. The molecule has 8 nitrogen and oxygen atoms in total. The van der Waals surface area contributed by atoms with E-state index in [4.69, 9.17) is 9.26 Å². The van der Waals surface area contributed by atoms with Crippen LogP contribution in [-0.4, -0.2) is 26.2 Å². The Morgan fingerprint density at radius 2 is 2.19 bits per heavy atom. The van der Waals surface area contributed by atoms with E-state index in [1.807, 2.05) is 13.8 Å². The summed E-state index contributed by atoms with van der Waals surface area (Å²) >= 11 is 0. The Kier molecular flexibility index (Phi) is 5.26. The average molecular weight is 359 g/mol. The van der Waals surface area contributed by atoms with Crippen LogP contribution in [0.15, 0.2) is 34.9 Å². The van der Waals surface area contributed by atoms with Gasteiger partial charge in [-0.15, -0.1) is 0 Å². The molecule has 3 aromatic rings. The zero-order valence-electron chi connectivity index (χ0n) is 14.3. The number of amides is 1. The Bertz CT molecular complexity index is 890. The Hall–Kier alpha value is -3.23. The molecule has 0 unspecified atom stereocenters. The number of nitrogens with one attached hydrogen (secondary N) is 2. The normalized spacial score (nSPS) is 10.9. The molecule has 0 fully saturated rings. The van der Waals surface area contributed by atoms with Crippen LogP contribution in [0.25, 0.3) is 0 Å². The van der Waals surface area contributed by atoms with Gasteiger partial charge in [0.15, 0.2) is 17.4 Å². The highest BCUT2D eigenvalue weighted by atomic mass is 19.1. The summed E-state index contributed by atoms with van der Waals surface area (Å²) in [5, 5.41) is 13.1. The molecule has 2 aromatic heterocycles. The van der Waals surface area contributed by atoms with E-state index < -0.39 is 11.7 Å². The first kappa shape index (κ1) is 17.6. The van der Waals surface area contributed by atoms with Crippen LogP contribution < -0.4 is 10.1 Å². The molecule has 0 atom stereocenters. The number of rotatable bonds is 7. The molecule has 0 aliphatic heterocycles. The Balaban J connectivity index is 1.53. The Morgan fingerprint density at radius 1 is 1.38 bits per heavy atom.